The second-order valence-corrected chi connectivity index (χ2v) is 4.51. The summed E-state index contributed by atoms with van der Waals surface area (Å²) in [6.45, 7) is 1.92. The Morgan fingerprint density at radius 1 is 1.10 bits per heavy atom. The molecule has 0 atom stereocenters. The minimum Gasteiger partial charge on any atom is -0.489 e. The molecule has 2 aromatic carbocycles. The molecule has 0 saturated carbocycles. The van der Waals surface area contributed by atoms with E-state index in [1.54, 1.807) is 31.2 Å². The number of rotatable bonds is 3. The van der Waals surface area contributed by atoms with Gasteiger partial charge in [0.25, 0.3) is 0 Å². The van der Waals surface area contributed by atoms with Crippen molar-refractivity contribution >= 4 is 0 Å². The number of nitrogens with two attached hydrogens (primary N) is 1. The first-order valence-electron chi connectivity index (χ1n) is 6.46. The number of ether oxygens (including phenoxy) is 1. The van der Waals surface area contributed by atoms with Crippen LogP contribution in [0.4, 0.5) is 8.78 Å². The lowest BCUT2D eigenvalue weighted by Crippen LogP contribution is -2.00. The average molecular weight is 287 g/mol. The fourth-order valence-corrected chi connectivity index (χ4v) is 1.72. The van der Waals surface area contributed by atoms with Crippen LogP contribution in [0.1, 0.15) is 16.7 Å². The van der Waals surface area contributed by atoms with Gasteiger partial charge in [0, 0.05) is 17.2 Å². The highest BCUT2D eigenvalue weighted by Gasteiger charge is 2.05. The molecule has 21 heavy (non-hydrogen) atoms. The molecule has 0 aromatic heterocycles. The molecule has 4 heteroatoms. The molecule has 0 amide bonds. The number of halogens is 2. The molecule has 2 N–H and O–H groups in total. The summed E-state index contributed by atoms with van der Waals surface area (Å²) in [5, 5.41) is 0. The molecule has 2 nitrogen and oxygen atoms in total. The molecule has 0 saturated heterocycles. The summed E-state index contributed by atoms with van der Waals surface area (Å²) in [5.74, 6) is 5.02. The van der Waals surface area contributed by atoms with Crippen LogP contribution in [-0.2, 0) is 6.61 Å². The van der Waals surface area contributed by atoms with Gasteiger partial charge in [0.1, 0.15) is 24.0 Å². The summed E-state index contributed by atoms with van der Waals surface area (Å²) in [4.78, 5) is 0. The van der Waals surface area contributed by atoms with E-state index in [0.717, 1.165) is 0 Å². The maximum atomic E-state index is 13.9. The van der Waals surface area contributed by atoms with Crippen LogP contribution >= 0.6 is 0 Å². The Bertz CT molecular complexity index is 702. The van der Waals surface area contributed by atoms with Gasteiger partial charge in [-0.3, -0.25) is 0 Å². The maximum absolute atomic E-state index is 13.9. The Labute approximate surface area is 122 Å². The molecular formula is C17H15F2NO. The predicted molar refractivity (Wildman–Crippen MR) is 77.8 cm³/mol. The second-order valence-electron chi connectivity index (χ2n) is 4.51. The molecule has 0 aliphatic heterocycles. The molecule has 108 valence electrons. The summed E-state index contributed by atoms with van der Waals surface area (Å²) < 4.78 is 32.6. The zero-order valence-corrected chi connectivity index (χ0v) is 11.6. The minimum atomic E-state index is -0.411. The van der Waals surface area contributed by atoms with Crippen LogP contribution in [0.25, 0.3) is 0 Å². The van der Waals surface area contributed by atoms with E-state index in [2.05, 4.69) is 11.8 Å². The lowest BCUT2D eigenvalue weighted by molar-refractivity contribution is 0.298. The van der Waals surface area contributed by atoms with E-state index in [4.69, 9.17) is 10.5 Å². The Balaban J connectivity index is 2.07. The normalized spacial score (nSPS) is 9.90. The van der Waals surface area contributed by atoms with E-state index in [1.807, 2.05) is 0 Å². The van der Waals surface area contributed by atoms with Crippen molar-refractivity contribution in [2.45, 2.75) is 13.5 Å². The van der Waals surface area contributed by atoms with E-state index in [-0.39, 0.29) is 19.0 Å². The van der Waals surface area contributed by atoms with Gasteiger partial charge < -0.3 is 10.5 Å². The zero-order valence-electron chi connectivity index (χ0n) is 11.6. The lowest BCUT2D eigenvalue weighted by atomic mass is 10.1. The Morgan fingerprint density at radius 2 is 1.90 bits per heavy atom. The van der Waals surface area contributed by atoms with Crippen molar-refractivity contribution in [1.82, 2.24) is 0 Å². The summed E-state index contributed by atoms with van der Waals surface area (Å²) in [6, 6.07) is 9.18. The Kier molecular flexibility index (Phi) is 4.91. The van der Waals surface area contributed by atoms with Gasteiger partial charge >= 0.3 is 0 Å². The van der Waals surface area contributed by atoms with Crippen molar-refractivity contribution in [3.63, 3.8) is 0 Å². The molecule has 2 rings (SSSR count). The van der Waals surface area contributed by atoms with Gasteiger partial charge in [-0.1, -0.05) is 24.0 Å². The molecule has 0 spiro atoms. The molecule has 0 aliphatic rings. The van der Waals surface area contributed by atoms with Crippen molar-refractivity contribution in [2.24, 2.45) is 5.73 Å². The number of benzene rings is 2. The SMILES string of the molecule is Cc1ccc(OCc2ccc(C#CCN)cc2F)cc1F. The highest BCUT2D eigenvalue weighted by atomic mass is 19.1. The van der Waals surface area contributed by atoms with Gasteiger partial charge in [-0.15, -0.1) is 0 Å². The summed E-state index contributed by atoms with van der Waals surface area (Å²) in [5.41, 5.74) is 6.74. The number of hydrogen-bond acceptors (Lipinski definition) is 2. The summed E-state index contributed by atoms with van der Waals surface area (Å²) in [7, 11) is 0. The second kappa shape index (κ2) is 6.87. The molecule has 0 heterocycles. The average Bonchev–Trinajstić information content (AvgIpc) is 2.47. The fraction of sp³-hybridized carbons (Fsp3) is 0.176. The van der Waals surface area contributed by atoms with E-state index in [1.165, 1.54) is 12.1 Å². The first-order chi connectivity index (χ1) is 10.1. The molecule has 0 fully saturated rings. The summed E-state index contributed by atoms with van der Waals surface area (Å²) >= 11 is 0. The molecular weight excluding hydrogens is 272 g/mol. The quantitative estimate of drug-likeness (QED) is 0.880. The third kappa shape index (κ3) is 4.04. The Hall–Kier alpha value is -2.38. The summed E-state index contributed by atoms with van der Waals surface area (Å²) in [6.07, 6.45) is 0. The van der Waals surface area contributed by atoms with Gasteiger partial charge in [0.2, 0.25) is 0 Å². The van der Waals surface area contributed by atoms with E-state index >= 15 is 0 Å². The largest absolute Gasteiger partial charge is 0.489 e. The van der Waals surface area contributed by atoms with Crippen molar-refractivity contribution in [2.75, 3.05) is 6.54 Å². The number of hydrogen-bond donors (Lipinski definition) is 1. The maximum Gasteiger partial charge on any atom is 0.131 e. The third-order valence-corrected chi connectivity index (χ3v) is 2.93. The lowest BCUT2D eigenvalue weighted by Gasteiger charge is -2.08. The van der Waals surface area contributed by atoms with Gasteiger partial charge in [-0.05, 0) is 30.7 Å². The van der Waals surface area contributed by atoms with Gasteiger partial charge in [-0.2, -0.15) is 0 Å². The molecule has 0 unspecified atom stereocenters. The first-order valence-corrected chi connectivity index (χ1v) is 6.46. The third-order valence-electron chi connectivity index (χ3n) is 2.93. The first kappa shape index (κ1) is 15.0. The van der Waals surface area contributed by atoms with Crippen molar-refractivity contribution in [3.05, 3.63) is 64.7 Å². The van der Waals surface area contributed by atoms with Crippen molar-refractivity contribution < 1.29 is 13.5 Å². The van der Waals surface area contributed by atoms with Crippen LogP contribution in [-0.4, -0.2) is 6.54 Å². The van der Waals surface area contributed by atoms with Crippen LogP contribution in [0.15, 0.2) is 36.4 Å². The molecule has 0 radical (unpaired) electrons. The van der Waals surface area contributed by atoms with Gasteiger partial charge in [0.15, 0.2) is 0 Å². The predicted octanol–water partition coefficient (Wildman–Crippen LogP) is 3.16. The minimum absolute atomic E-state index is 0.0267. The zero-order chi connectivity index (χ0) is 15.2. The smallest absolute Gasteiger partial charge is 0.131 e. The topological polar surface area (TPSA) is 35.2 Å². The highest BCUT2D eigenvalue weighted by Crippen LogP contribution is 2.18. The van der Waals surface area contributed by atoms with Crippen LogP contribution < -0.4 is 10.5 Å². The molecule has 0 bridgehead atoms. The standard InChI is InChI=1S/C17H15F2NO/c1-12-4-7-15(10-16(12)18)21-11-14-6-5-13(3-2-8-20)9-17(14)19/h4-7,9-10H,8,11,20H2,1H3. The van der Waals surface area contributed by atoms with Gasteiger partial charge in [-0.25, -0.2) is 8.78 Å². The monoisotopic (exact) mass is 287 g/mol. The van der Waals surface area contributed by atoms with E-state index < -0.39 is 5.82 Å². The van der Waals surface area contributed by atoms with E-state index in [9.17, 15) is 8.78 Å². The Morgan fingerprint density at radius 3 is 2.57 bits per heavy atom. The van der Waals surface area contributed by atoms with Crippen molar-refractivity contribution in [1.29, 1.82) is 0 Å². The van der Waals surface area contributed by atoms with Crippen LogP contribution in [0.2, 0.25) is 0 Å². The molecule has 2 aromatic rings. The highest BCUT2D eigenvalue weighted by molar-refractivity contribution is 5.37. The fourth-order valence-electron chi connectivity index (χ4n) is 1.72. The van der Waals surface area contributed by atoms with Crippen molar-refractivity contribution in [3.8, 4) is 17.6 Å². The van der Waals surface area contributed by atoms with Crippen LogP contribution in [0.5, 0.6) is 5.75 Å². The van der Waals surface area contributed by atoms with E-state index in [0.29, 0.717) is 22.4 Å². The van der Waals surface area contributed by atoms with Gasteiger partial charge in [0.05, 0.1) is 6.54 Å². The molecule has 0 aliphatic carbocycles. The number of aryl methyl sites for hydroxylation is 1. The van der Waals surface area contributed by atoms with Crippen LogP contribution in [0.3, 0.4) is 0 Å². The van der Waals surface area contributed by atoms with Crippen LogP contribution in [0, 0.1) is 30.4 Å².